The van der Waals surface area contributed by atoms with Crippen molar-refractivity contribution in [1.29, 1.82) is 0 Å². The molecular weight excluding hydrogens is 342 g/mol. The SMILES string of the molecule is CC(Cl)C(=O)N1CC(NC(=O)C(F)(F)F)CCC1C(F)(F)F. The number of halogens is 7. The number of hydrogen-bond donors (Lipinski definition) is 1. The average molecular weight is 355 g/mol. The Labute approximate surface area is 126 Å². The lowest BCUT2D eigenvalue weighted by Gasteiger charge is -2.41. The number of alkyl halides is 7. The van der Waals surface area contributed by atoms with Crippen LogP contribution in [0.3, 0.4) is 0 Å². The lowest BCUT2D eigenvalue weighted by molar-refractivity contribution is -0.198. The molecule has 0 bridgehead atoms. The Kier molecular flexibility index (Phi) is 5.58. The molecule has 1 saturated heterocycles. The minimum atomic E-state index is -5.14. The summed E-state index contributed by atoms with van der Waals surface area (Å²) in [6, 6.07) is -3.34. The average Bonchev–Trinajstić information content (AvgIpc) is 2.35. The van der Waals surface area contributed by atoms with Crippen molar-refractivity contribution in [3.05, 3.63) is 0 Å². The van der Waals surface area contributed by atoms with Crippen LogP contribution >= 0.6 is 11.6 Å². The fourth-order valence-electron chi connectivity index (χ4n) is 2.17. The number of nitrogens with one attached hydrogen (secondary N) is 1. The zero-order chi connectivity index (χ0) is 17.3. The molecule has 2 amide bonds. The van der Waals surface area contributed by atoms with Crippen LogP contribution in [-0.2, 0) is 9.59 Å². The van der Waals surface area contributed by atoms with Gasteiger partial charge < -0.3 is 10.2 Å². The monoisotopic (exact) mass is 354 g/mol. The van der Waals surface area contributed by atoms with Gasteiger partial charge in [0.1, 0.15) is 11.4 Å². The van der Waals surface area contributed by atoms with Crippen LogP contribution < -0.4 is 5.32 Å². The standard InChI is InChI=1S/C11H13ClF6N2O2/c1-5(12)8(21)20-4-6(19-9(22)11(16,17)18)2-3-7(20)10(13,14)15/h5-7H,2-4H2,1H3,(H,19,22). The maximum Gasteiger partial charge on any atom is 0.471 e. The summed E-state index contributed by atoms with van der Waals surface area (Å²) in [5.41, 5.74) is 0. The Balaban J connectivity index is 2.87. The molecule has 3 atom stereocenters. The van der Waals surface area contributed by atoms with Crippen molar-refractivity contribution in [2.24, 2.45) is 0 Å². The number of piperidine rings is 1. The van der Waals surface area contributed by atoms with Gasteiger partial charge in [-0.2, -0.15) is 26.3 Å². The van der Waals surface area contributed by atoms with E-state index in [2.05, 4.69) is 0 Å². The van der Waals surface area contributed by atoms with Crippen molar-refractivity contribution in [3.8, 4) is 0 Å². The minimum absolute atomic E-state index is 0.327. The van der Waals surface area contributed by atoms with E-state index < -0.39 is 54.6 Å². The van der Waals surface area contributed by atoms with Gasteiger partial charge in [-0.3, -0.25) is 9.59 Å². The van der Waals surface area contributed by atoms with Crippen molar-refractivity contribution in [3.63, 3.8) is 0 Å². The van der Waals surface area contributed by atoms with Crippen molar-refractivity contribution >= 4 is 23.4 Å². The Morgan fingerprint density at radius 1 is 1.18 bits per heavy atom. The summed E-state index contributed by atoms with van der Waals surface area (Å²) in [7, 11) is 0. The Morgan fingerprint density at radius 3 is 2.14 bits per heavy atom. The first-order valence-electron chi connectivity index (χ1n) is 6.23. The lowest BCUT2D eigenvalue weighted by Crippen LogP contribution is -2.60. The molecule has 128 valence electrons. The van der Waals surface area contributed by atoms with E-state index in [9.17, 15) is 35.9 Å². The third kappa shape index (κ3) is 4.65. The van der Waals surface area contributed by atoms with E-state index in [-0.39, 0.29) is 6.42 Å². The maximum absolute atomic E-state index is 12.9. The number of hydrogen-bond acceptors (Lipinski definition) is 2. The van der Waals surface area contributed by atoms with Crippen LogP contribution in [0.5, 0.6) is 0 Å². The molecule has 1 aliphatic heterocycles. The first-order valence-corrected chi connectivity index (χ1v) is 6.66. The zero-order valence-electron chi connectivity index (χ0n) is 11.3. The second-order valence-corrected chi connectivity index (χ2v) is 5.56. The topological polar surface area (TPSA) is 49.4 Å². The van der Waals surface area contributed by atoms with Gasteiger partial charge in [0.05, 0.1) is 0 Å². The number of rotatable bonds is 2. The van der Waals surface area contributed by atoms with Gasteiger partial charge in [-0.25, -0.2) is 0 Å². The summed E-state index contributed by atoms with van der Waals surface area (Å²) < 4.78 is 75.1. The quantitative estimate of drug-likeness (QED) is 0.610. The molecule has 1 N–H and O–H groups in total. The molecule has 0 aromatic carbocycles. The van der Waals surface area contributed by atoms with E-state index in [1.807, 2.05) is 0 Å². The molecule has 0 aromatic heterocycles. The number of nitrogens with zero attached hydrogens (tertiary/aromatic N) is 1. The van der Waals surface area contributed by atoms with Crippen LogP contribution in [-0.4, -0.2) is 53.1 Å². The van der Waals surface area contributed by atoms with E-state index in [4.69, 9.17) is 11.6 Å². The molecule has 4 nitrogen and oxygen atoms in total. The molecule has 11 heteroatoms. The van der Waals surface area contributed by atoms with E-state index in [1.54, 1.807) is 5.32 Å². The minimum Gasteiger partial charge on any atom is -0.344 e. The Bertz CT molecular complexity index is 437. The van der Waals surface area contributed by atoms with Gasteiger partial charge >= 0.3 is 18.3 Å². The van der Waals surface area contributed by atoms with Crippen LogP contribution in [0.2, 0.25) is 0 Å². The summed E-state index contributed by atoms with van der Waals surface area (Å²) in [6.07, 6.45) is -10.8. The van der Waals surface area contributed by atoms with Crippen LogP contribution in [0.15, 0.2) is 0 Å². The summed E-state index contributed by atoms with van der Waals surface area (Å²) in [5, 5.41) is 0.324. The fraction of sp³-hybridized carbons (Fsp3) is 0.818. The second-order valence-electron chi connectivity index (χ2n) is 4.91. The molecule has 0 spiro atoms. The molecule has 0 aromatic rings. The second kappa shape index (κ2) is 6.51. The smallest absolute Gasteiger partial charge is 0.344 e. The van der Waals surface area contributed by atoms with Gasteiger partial charge in [0.2, 0.25) is 5.91 Å². The molecule has 1 heterocycles. The summed E-state index contributed by atoms with van der Waals surface area (Å²) in [6.45, 7) is 0.483. The Morgan fingerprint density at radius 2 is 1.73 bits per heavy atom. The first-order chi connectivity index (χ1) is 9.84. The van der Waals surface area contributed by atoms with Crippen LogP contribution in [0.1, 0.15) is 19.8 Å². The number of carbonyl (C=O) groups excluding carboxylic acids is 2. The molecule has 0 aliphatic carbocycles. The summed E-state index contributed by atoms with van der Waals surface area (Å²) >= 11 is 5.48. The molecule has 22 heavy (non-hydrogen) atoms. The van der Waals surface area contributed by atoms with Gasteiger partial charge in [0.25, 0.3) is 0 Å². The maximum atomic E-state index is 12.9. The molecule has 0 radical (unpaired) electrons. The van der Waals surface area contributed by atoms with Crippen LogP contribution in [0, 0.1) is 0 Å². The first kappa shape index (κ1) is 18.9. The van der Waals surface area contributed by atoms with Crippen LogP contribution in [0.25, 0.3) is 0 Å². The largest absolute Gasteiger partial charge is 0.471 e. The fourth-order valence-corrected chi connectivity index (χ4v) is 2.29. The molecule has 0 saturated carbocycles. The highest BCUT2D eigenvalue weighted by Crippen LogP contribution is 2.33. The van der Waals surface area contributed by atoms with E-state index in [0.717, 1.165) is 6.92 Å². The molecule has 1 rings (SSSR count). The number of amides is 2. The molecule has 1 fully saturated rings. The van der Waals surface area contributed by atoms with Crippen molar-refractivity contribution in [2.45, 2.75) is 49.6 Å². The Hall–Kier alpha value is -1.19. The van der Waals surface area contributed by atoms with E-state index in [0.29, 0.717) is 4.90 Å². The van der Waals surface area contributed by atoms with Gasteiger partial charge in [0, 0.05) is 12.6 Å². The number of likely N-dealkylation sites (tertiary alicyclic amines) is 1. The number of carbonyl (C=O) groups is 2. The van der Waals surface area contributed by atoms with Gasteiger partial charge in [-0.15, -0.1) is 11.6 Å². The highest BCUT2D eigenvalue weighted by Gasteiger charge is 2.49. The highest BCUT2D eigenvalue weighted by molar-refractivity contribution is 6.30. The third-order valence-corrected chi connectivity index (χ3v) is 3.36. The summed E-state index contributed by atoms with van der Waals surface area (Å²) in [5.74, 6) is -3.30. The van der Waals surface area contributed by atoms with E-state index in [1.165, 1.54) is 0 Å². The van der Waals surface area contributed by atoms with Crippen LogP contribution in [0.4, 0.5) is 26.3 Å². The molecule has 3 unspecified atom stereocenters. The van der Waals surface area contributed by atoms with Gasteiger partial charge in [0.15, 0.2) is 0 Å². The van der Waals surface area contributed by atoms with Gasteiger partial charge in [-0.05, 0) is 19.8 Å². The molecular formula is C11H13ClF6N2O2. The lowest BCUT2D eigenvalue weighted by atomic mass is 9.97. The predicted octanol–water partition coefficient (Wildman–Crippen LogP) is 2.21. The zero-order valence-corrected chi connectivity index (χ0v) is 12.0. The van der Waals surface area contributed by atoms with Crippen molar-refractivity contribution in [1.82, 2.24) is 10.2 Å². The predicted molar refractivity (Wildman–Crippen MR) is 64.1 cm³/mol. The van der Waals surface area contributed by atoms with Gasteiger partial charge in [-0.1, -0.05) is 0 Å². The molecule has 1 aliphatic rings. The van der Waals surface area contributed by atoms with Crippen molar-refractivity contribution in [2.75, 3.05) is 6.54 Å². The summed E-state index contributed by atoms with van der Waals surface area (Å²) in [4.78, 5) is 23.0. The highest BCUT2D eigenvalue weighted by atomic mass is 35.5. The third-order valence-electron chi connectivity index (χ3n) is 3.18. The van der Waals surface area contributed by atoms with E-state index >= 15 is 0 Å². The normalized spacial score (nSPS) is 24.8. The van der Waals surface area contributed by atoms with Crippen molar-refractivity contribution < 1.29 is 35.9 Å².